The third-order valence-corrected chi connectivity index (χ3v) is 3.08. The van der Waals surface area contributed by atoms with E-state index in [4.69, 9.17) is 0 Å². The van der Waals surface area contributed by atoms with Gasteiger partial charge in [0.05, 0.1) is 13.0 Å². The first kappa shape index (κ1) is 13.0. The molecule has 3 heterocycles. The molecule has 0 spiro atoms. The van der Waals surface area contributed by atoms with Crippen molar-refractivity contribution in [3.05, 3.63) is 30.2 Å². The quantitative estimate of drug-likeness (QED) is 0.620. The Balaban J connectivity index is 1.59. The van der Waals surface area contributed by atoms with Crippen molar-refractivity contribution in [2.45, 2.75) is 19.0 Å². The molecule has 3 rings (SSSR count). The largest absolute Gasteiger partial charge is 0.349 e. The molecule has 1 fully saturated rings. The van der Waals surface area contributed by atoms with E-state index < -0.39 is 18.0 Å². The lowest BCUT2D eigenvalue weighted by Crippen LogP contribution is -2.36. The molecule has 0 unspecified atom stereocenters. The summed E-state index contributed by atoms with van der Waals surface area (Å²) in [6, 6.07) is 4.07. The molecule has 2 aromatic rings. The Morgan fingerprint density at radius 2 is 2.19 bits per heavy atom. The van der Waals surface area contributed by atoms with Gasteiger partial charge in [0, 0.05) is 6.20 Å². The fraction of sp³-hybridized carbons (Fsp3) is 0.250. The number of hydrogen-bond acceptors (Lipinski definition) is 5. The molecule has 21 heavy (non-hydrogen) atoms. The van der Waals surface area contributed by atoms with Crippen molar-refractivity contribution in [1.29, 1.82) is 0 Å². The van der Waals surface area contributed by atoms with Crippen LogP contribution in [0, 0.1) is 0 Å². The molecule has 9 nitrogen and oxygen atoms in total. The number of aromatic nitrogens is 3. The van der Waals surface area contributed by atoms with Crippen molar-refractivity contribution in [1.82, 2.24) is 30.5 Å². The molecule has 0 aromatic carbocycles. The lowest BCUT2D eigenvalue weighted by atomic mass is 10.2. The van der Waals surface area contributed by atoms with Gasteiger partial charge in [-0.25, -0.2) is 4.79 Å². The molecule has 1 aliphatic heterocycles. The summed E-state index contributed by atoms with van der Waals surface area (Å²) >= 11 is 0. The first-order chi connectivity index (χ1) is 10.1. The number of amides is 4. The monoisotopic (exact) mass is 288 g/mol. The maximum Gasteiger partial charge on any atom is 0.322 e. The highest BCUT2D eigenvalue weighted by molar-refractivity contribution is 6.05. The fourth-order valence-electron chi connectivity index (χ4n) is 2.05. The molecule has 2 aromatic heterocycles. The summed E-state index contributed by atoms with van der Waals surface area (Å²) in [6.45, 7) is 0.187. The van der Waals surface area contributed by atoms with E-state index in [9.17, 15) is 14.4 Å². The summed E-state index contributed by atoms with van der Waals surface area (Å²) in [5.74, 6) is -0.271. The van der Waals surface area contributed by atoms with Crippen LogP contribution in [0.25, 0.3) is 5.65 Å². The number of carbonyl (C=O) groups excluding carboxylic acids is 3. The highest BCUT2D eigenvalue weighted by Crippen LogP contribution is 2.03. The number of carbonyl (C=O) groups is 3. The second-order valence-corrected chi connectivity index (χ2v) is 4.54. The summed E-state index contributed by atoms with van der Waals surface area (Å²) in [4.78, 5) is 34.0. The second kappa shape index (κ2) is 5.19. The number of urea groups is 1. The predicted octanol–water partition coefficient (Wildman–Crippen LogP) is -1.06. The summed E-state index contributed by atoms with van der Waals surface area (Å²) in [5.41, 5.74) is 0.684. The van der Waals surface area contributed by atoms with E-state index in [0.29, 0.717) is 11.5 Å². The molecular formula is C12H12N6O3. The van der Waals surface area contributed by atoms with Crippen LogP contribution < -0.4 is 16.0 Å². The summed E-state index contributed by atoms with van der Waals surface area (Å²) in [6.07, 6.45) is 1.68. The van der Waals surface area contributed by atoms with Gasteiger partial charge in [-0.15, -0.1) is 10.2 Å². The van der Waals surface area contributed by atoms with Crippen molar-refractivity contribution < 1.29 is 14.4 Å². The van der Waals surface area contributed by atoms with Crippen LogP contribution in [0.2, 0.25) is 0 Å². The highest BCUT2D eigenvalue weighted by atomic mass is 16.2. The van der Waals surface area contributed by atoms with Crippen LogP contribution in [-0.4, -0.2) is 38.5 Å². The Morgan fingerprint density at radius 3 is 2.95 bits per heavy atom. The van der Waals surface area contributed by atoms with Gasteiger partial charge in [-0.05, 0) is 12.1 Å². The van der Waals surface area contributed by atoms with E-state index in [2.05, 4.69) is 26.1 Å². The molecule has 1 aliphatic rings. The summed E-state index contributed by atoms with van der Waals surface area (Å²) in [7, 11) is 0. The molecular weight excluding hydrogens is 276 g/mol. The summed E-state index contributed by atoms with van der Waals surface area (Å²) < 4.78 is 1.75. The first-order valence-electron chi connectivity index (χ1n) is 6.30. The normalized spacial score (nSPS) is 17.6. The van der Waals surface area contributed by atoms with Crippen LogP contribution >= 0.6 is 0 Å². The number of hydrogen-bond donors (Lipinski definition) is 3. The molecule has 3 N–H and O–H groups in total. The molecule has 4 amide bonds. The lowest BCUT2D eigenvalue weighted by molar-refractivity contribution is -0.126. The fourth-order valence-corrected chi connectivity index (χ4v) is 2.05. The van der Waals surface area contributed by atoms with Crippen LogP contribution in [0.3, 0.4) is 0 Å². The zero-order valence-corrected chi connectivity index (χ0v) is 10.9. The second-order valence-electron chi connectivity index (χ2n) is 4.54. The molecule has 0 radical (unpaired) electrons. The standard InChI is InChI=1S/C12H12N6O3/c19-10(5-7-11(20)15-12(21)14-7)13-6-9-17-16-8-3-1-2-4-18(8)9/h1-4,7H,5-6H2,(H,13,19)(H2,14,15,20,21)/t7-/m0/s1. The van der Waals surface area contributed by atoms with Crippen molar-refractivity contribution in [3.8, 4) is 0 Å². The van der Waals surface area contributed by atoms with Gasteiger partial charge in [0.1, 0.15) is 6.04 Å². The molecule has 0 aliphatic carbocycles. The number of rotatable bonds is 4. The highest BCUT2D eigenvalue weighted by Gasteiger charge is 2.31. The van der Waals surface area contributed by atoms with Crippen molar-refractivity contribution >= 4 is 23.5 Å². The Bertz CT molecular complexity index is 725. The van der Waals surface area contributed by atoms with E-state index in [1.165, 1.54) is 0 Å². The maximum absolute atomic E-state index is 11.8. The van der Waals surface area contributed by atoms with Gasteiger partial charge in [-0.3, -0.25) is 19.3 Å². The van der Waals surface area contributed by atoms with Crippen LogP contribution in [0.4, 0.5) is 4.79 Å². The smallest absolute Gasteiger partial charge is 0.322 e. The van der Waals surface area contributed by atoms with Crippen LogP contribution in [0.1, 0.15) is 12.2 Å². The van der Waals surface area contributed by atoms with E-state index in [-0.39, 0.29) is 18.9 Å². The lowest BCUT2D eigenvalue weighted by Gasteiger charge is -2.07. The van der Waals surface area contributed by atoms with Crippen molar-refractivity contribution in [3.63, 3.8) is 0 Å². The van der Waals surface area contributed by atoms with Gasteiger partial charge >= 0.3 is 6.03 Å². The van der Waals surface area contributed by atoms with Gasteiger partial charge in [-0.2, -0.15) is 0 Å². The average Bonchev–Trinajstić information content (AvgIpc) is 3.00. The average molecular weight is 288 g/mol. The predicted molar refractivity (Wildman–Crippen MR) is 69.9 cm³/mol. The minimum Gasteiger partial charge on any atom is -0.349 e. The number of nitrogens with one attached hydrogen (secondary N) is 3. The Hall–Kier alpha value is -2.97. The zero-order chi connectivity index (χ0) is 14.8. The Morgan fingerprint density at radius 1 is 1.33 bits per heavy atom. The number of pyridine rings is 1. The minimum absolute atomic E-state index is 0.117. The maximum atomic E-state index is 11.8. The third-order valence-electron chi connectivity index (χ3n) is 3.08. The van der Waals surface area contributed by atoms with E-state index in [1.807, 2.05) is 12.1 Å². The zero-order valence-electron chi connectivity index (χ0n) is 10.9. The molecule has 108 valence electrons. The van der Waals surface area contributed by atoms with Crippen molar-refractivity contribution in [2.75, 3.05) is 0 Å². The number of nitrogens with zero attached hydrogens (tertiary/aromatic N) is 3. The van der Waals surface area contributed by atoms with Crippen LogP contribution in [0.5, 0.6) is 0 Å². The third kappa shape index (κ3) is 2.66. The molecule has 0 saturated carbocycles. The topological polar surface area (TPSA) is 117 Å². The Labute approximate surface area is 118 Å². The molecule has 0 bridgehead atoms. The molecule has 1 atom stereocenters. The van der Waals surface area contributed by atoms with Crippen LogP contribution in [-0.2, 0) is 16.1 Å². The van der Waals surface area contributed by atoms with Gasteiger partial charge in [0.2, 0.25) is 5.91 Å². The number of imide groups is 1. The molecule has 9 heteroatoms. The molecule has 1 saturated heterocycles. The number of fused-ring (bicyclic) bond motifs is 1. The van der Waals surface area contributed by atoms with Gasteiger partial charge in [0.25, 0.3) is 5.91 Å². The Kier molecular flexibility index (Phi) is 3.22. The van der Waals surface area contributed by atoms with Gasteiger partial charge in [0.15, 0.2) is 11.5 Å². The van der Waals surface area contributed by atoms with Crippen molar-refractivity contribution in [2.24, 2.45) is 0 Å². The van der Waals surface area contributed by atoms with Gasteiger partial charge < -0.3 is 10.6 Å². The van der Waals surface area contributed by atoms with E-state index >= 15 is 0 Å². The van der Waals surface area contributed by atoms with E-state index in [0.717, 1.165) is 0 Å². The summed E-state index contributed by atoms with van der Waals surface area (Å²) in [5, 5.41) is 15.0. The minimum atomic E-state index is -0.826. The van der Waals surface area contributed by atoms with E-state index in [1.54, 1.807) is 16.7 Å². The van der Waals surface area contributed by atoms with Crippen LogP contribution in [0.15, 0.2) is 24.4 Å². The SMILES string of the molecule is O=C(C[C@@H]1NC(=O)NC1=O)NCc1nnc2ccccn12. The first-order valence-corrected chi connectivity index (χ1v) is 6.30. The van der Waals surface area contributed by atoms with Gasteiger partial charge in [-0.1, -0.05) is 6.07 Å².